The van der Waals surface area contributed by atoms with Gasteiger partial charge in [0.1, 0.15) is 0 Å². The van der Waals surface area contributed by atoms with Gasteiger partial charge in [-0.05, 0) is 60.2 Å². The Balaban J connectivity index is 1.75. The van der Waals surface area contributed by atoms with Crippen molar-refractivity contribution in [3.8, 4) is 0 Å². The number of nitrogens with one attached hydrogen (secondary N) is 1. The normalized spacial score (nSPS) is 12.1. The molecule has 0 aliphatic carbocycles. The van der Waals surface area contributed by atoms with Gasteiger partial charge in [-0.3, -0.25) is 9.78 Å². The van der Waals surface area contributed by atoms with Crippen molar-refractivity contribution >= 4 is 27.5 Å². The van der Waals surface area contributed by atoms with Gasteiger partial charge in [-0.25, -0.2) is 8.42 Å². The van der Waals surface area contributed by atoms with Gasteiger partial charge in [-0.1, -0.05) is 12.1 Å². The molecule has 3 aromatic rings. The van der Waals surface area contributed by atoms with Gasteiger partial charge in [0.2, 0.25) is 15.7 Å². The Hall–Kier alpha value is -3.46. The Kier molecular flexibility index (Phi) is 6.02. The van der Waals surface area contributed by atoms with Crippen molar-refractivity contribution in [2.45, 2.75) is 16.0 Å². The van der Waals surface area contributed by atoms with Crippen molar-refractivity contribution in [2.75, 3.05) is 5.32 Å². The molecule has 1 N–H and O–H groups in total. The van der Waals surface area contributed by atoms with Gasteiger partial charge in [0, 0.05) is 24.2 Å². The van der Waals surface area contributed by atoms with Crippen LogP contribution in [0.15, 0.2) is 88.9 Å². The molecule has 0 fully saturated rings. The van der Waals surface area contributed by atoms with Crippen molar-refractivity contribution < 1.29 is 26.4 Å². The van der Waals surface area contributed by atoms with Gasteiger partial charge < -0.3 is 5.32 Å². The predicted octanol–water partition coefficient (Wildman–Crippen LogP) is 4.59. The van der Waals surface area contributed by atoms with E-state index in [0.29, 0.717) is 11.8 Å². The van der Waals surface area contributed by atoms with Crippen molar-refractivity contribution in [2.24, 2.45) is 0 Å². The van der Waals surface area contributed by atoms with E-state index in [1.807, 2.05) is 0 Å². The summed E-state index contributed by atoms with van der Waals surface area (Å²) in [4.78, 5) is 15.2. The van der Waals surface area contributed by atoms with Crippen LogP contribution in [0.4, 0.5) is 18.9 Å². The number of amides is 1. The molecule has 0 spiro atoms. The summed E-state index contributed by atoms with van der Waals surface area (Å²) in [5.74, 6) is -0.438. The van der Waals surface area contributed by atoms with Crippen molar-refractivity contribution in [3.05, 3.63) is 90.3 Å². The number of pyridine rings is 1. The number of hydrogen-bond acceptors (Lipinski definition) is 4. The topological polar surface area (TPSA) is 76.1 Å². The van der Waals surface area contributed by atoms with E-state index in [-0.39, 0.29) is 4.90 Å². The number of carbonyl (C=O) groups is 1. The molecule has 30 heavy (non-hydrogen) atoms. The van der Waals surface area contributed by atoms with E-state index in [4.69, 9.17) is 0 Å². The van der Waals surface area contributed by atoms with Gasteiger partial charge >= 0.3 is 6.18 Å². The zero-order valence-electron chi connectivity index (χ0n) is 15.3. The Morgan fingerprint density at radius 2 is 1.70 bits per heavy atom. The highest BCUT2D eigenvalue weighted by Gasteiger charge is 2.32. The highest BCUT2D eigenvalue weighted by Crippen LogP contribution is 2.32. The SMILES string of the molecule is O=C(C=Cc1cccnc1)Nc1ccc(S(=O)(=O)c2cccc(C(F)(F)F)c2)cc1. The molecule has 0 unspecified atom stereocenters. The Bertz CT molecular complexity index is 1170. The zero-order chi connectivity index (χ0) is 21.8. The number of rotatable bonds is 5. The third-order valence-electron chi connectivity index (χ3n) is 4.02. The van der Waals surface area contributed by atoms with E-state index in [2.05, 4.69) is 10.3 Å². The number of nitrogens with zero attached hydrogens (tertiary/aromatic N) is 1. The third-order valence-corrected chi connectivity index (χ3v) is 5.78. The zero-order valence-corrected chi connectivity index (χ0v) is 16.1. The second kappa shape index (κ2) is 8.50. The highest BCUT2D eigenvalue weighted by molar-refractivity contribution is 7.91. The lowest BCUT2D eigenvalue weighted by Crippen LogP contribution is -2.09. The fourth-order valence-electron chi connectivity index (χ4n) is 2.52. The van der Waals surface area contributed by atoms with Gasteiger partial charge in [0.05, 0.1) is 15.4 Å². The number of sulfone groups is 1. The molecule has 0 saturated carbocycles. The van der Waals surface area contributed by atoms with Gasteiger partial charge in [-0.15, -0.1) is 0 Å². The van der Waals surface area contributed by atoms with Crippen LogP contribution < -0.4 is 5.32 Å². The number of alkyl halides is 3. The van der Waals surface area contributed by atoms with Crippen LogP contribution in [0.25, 0.3) is 6.08 Å². The van der Waals surface area contributed by atoms with E-state index in [0.717, 1.165) is 23.8 Å². The molecule has 1 heterocycles. The quantitative estimate of drug-likeness (QED) is 0.599. The minimum atomic E-state index is -4.65. The fourth-order valence-corrected chi connectivity index (χ4v) is 3.83. The van der Waals surface area contributed by atoms with Crippen LogP contribution in [0.5, 0.6) is 0 Å². The molecular weight excluding hydrogens is 417 g/mol. The van der Waals surface area contributed by atoms with Crippen LogP contribution in [0.1, 0.15) is 11.1 Å². The molecule has 0 aliphatic rings. The Morgan fingerprint density at radius 3 is 2.33 bits per heavy atom. The molecule has 5 nitrogen and oxygen atoms in total. The maximum atomic E-state index is 12.9. The number of carbonyl (C=O) groups excluding carboxylic acids is 1. The number of benzene rings is 2. The first-order chi connectivity index (χ1) is 14.2. The number of aromatic nitrogens is 1. The van der Waals surface area contributed by atoms with Crippen molar-refractivity contribution in [3.63, 3.8) is 0 Å². The summed E-state index contributed by atoms with van der Waals surface area (Å²) in [7, 11) is -4.15. The maximum absolute atomic E-state index is 12.9. The first-order valence-electron chi connectivity index (χ1n) is 8.58. The number of anilines is 1. The van der Waals surface area contributed by atoms with E-state index >= 15 is 0 Å². The van der Waals surface area contributed by atoms with Gasteiger partial charge in [-0.2, -0.15) is 13.2 Å². The molecule has 1 aromatic heterocycles. The summed E-state index contributed by atoms with van der Waals surface area (Å²) in [6.07, 6.45) is 1.39. The minimum absolute atomic E-state index is 0.189. The van der Waals surface area contributed by atoms with Gasteiger partial charge in [0.25, 0.3) is 0 Å². The van der Waals surface area contributed by atoms with Crippen LogP contribution in [-0.2, 0) is 20.8 Å². The molecule has 3 rings (SSSR count). The van der Waals surface area contributed by atoms with E-state index in [1.54, 1.807) is 30.6 Å². The number of halogens is 3. The Labute approximate surface area is 170 Å². The monoisotopic (exact) mass is 432 g/mol. The lowest BCUT2D eigenvalue weighted by Gasteiger charge is -2.10. The van der Waals surface area contributed by atoms with E-state index in [9.17, 15) is 26.4 Å². The minimum Gasteiger partial charge on any atom is -0.323 e. The lowest BCUT2D eigenvalue weighted by molar-refractivity contribution is -0.137. The van der Waals surface area contributed by atoms with Crippen LogP contribution >= 0.6 is 0 Å². The largest absolute Gasteiger partial charge is 0.416 e. The molecule has 0 bridgehead atoms. The van der Waals surface area contributed by atoms with E-state index < -0.39 is 32.4 Å². The average molecular weight is 432 g/mol. The van der Waals surface area contributed by atoms with Gasteiger partial charge in [0.15, 0.2) is 0 Å². The first kappa shape index (κ1) is 21.3. The van der Waals surface area contributed by atoms with Crippen molar-refractivity contribution in [1.82, 2.24) is 4.98 Å². The number of hydrogen-bond donors (Lipinski definition) is 1. The van der Waals surface area contributed by atoms with Crippen molar-refractivity contribution in [1.29, 1.82) is 0 Å². The molecule has 9 heteroatoms. The third kappa shape index (κ3) is 5.12. The smallest absolute Gasteiger partial charge is 0.323 e. The molecule has 0 saturated heterocycles. The lowest BCUT2D eigenvalue weighted by atomic mass is 10.2. The summed E-state index contributed by atoms with van der Waals surface area (Å²) in [5, 5.41) is 2.57. The summed E-state index contributed by atoms with van der Waals surface area (Å²) >= 11 is 0. The maximum Gasteiger partial charge on any atom is 0.416 e. The molecule has 2 aromatic carbocycles. The standard InChI is InChI=1S/C21H15F3N2O3S/c22-21(23,24)16-4-1-5-19(13-16)30(28,29)18-9-7-17(8-10-18)26-20(27)11-6-15-3-2-12-25-14-15/h1-14H,(H,26,27). The second-order valence-electron chi connectivity index (χ2n) is 6.16. The van der Waals surface area contributed by atoms with Crippen LogP contribution in [0.3, 0.4) is 0 Å². The summed E-state index contributed by atoms with van der Waals surface area (Å²) in [5.41, 5.74) is 0.0156. The summed E-state index contributed by atoms with van der Waals surface area (Å²) in [6, 6.07) is 12.2. The molecular formula is C21H15F3N2O3S. The predicted molar refractivity (Wildman–Crippen MR) is 105 cm³/mol. The Morgan fingerprint density at radius 1 is 0.967 bits per heavy atom. The average Bonchev–Trinajstić information content (AvgIpc) is 2.73. The molecule has 1 amide bonds. The second-order valence-corrected chi connectivity index (χ2v) is 8.11. The molecule has 0 radical (unpaired) electrons. The summed E-state index contributed by atoms with van der Waals surface area (Å²) in [6.45, 7) is 0. The summed E-state index contributed by atoms with van der Waals surface area (Å²) < 4.78 is 63.8. The highest BCUT2D eigenvalue weighted by atomic mass is 32.2. The molecule has 0 atom stereocenters. The molecule has 154 valence electrons. The fraction of sp³-hybridized carbons (Fsp3) is 0.0476. The van der Waals surface area contributed by atoms with Crippen LogP contribution in [-0.4, -0.2) is 19.3 Å². The molecule has 0 aliphatic heterocycles. The first-order valence-corrected chi connectivity index (χ1v) is 10.1. The van der Waals surface area contributed by atoms with Crippen LogP contribution in [0.2, 0.25) is 0 Å². The van der Waals surface area contributed by atoms with Crippen LogP contribution in [0, 0.1) is 0 Å². The van der Waals surface area contributed by atoms with E-state index in [1.165, 1.54) is 30.3 Å².